The van der Waals surface area contributed by atoms with Crippen LogP contribution in [0.3, 0.4) is 0 Å². The third kappa shape index (κ3) is 2.52. The smallest absolute Gasteiger partial charge is 0.151 e. The fourth-order valence-corrected chi connectivity index (χ4v) is 2.14. The van der Waals surface area contributed by atoms with Crippen LogP contribution in [0.5, 0.6) is 0 Å². The molecule has 0 spiro atoms. The van der Waals surface area contributed by atoms with Crippen molar-refractivity contribution in [2.45, 2.75) is 6.54 Å². The van der Waals surface area contributed by atoms with E-state index in [1.807, 2.05) is 5.38 Å². The van der Waals surface area contributed by atoms with Gasteiger partial charge >= 0.3 is 0 Å². The average molecular weight is 255 g/mol. The van der Waals surface area contributed by atoms with Crippen LogP contribution in [0.25, 0.3) is 0 Å². The molecule has 0 unspecified atom stereocenters. The number of hydrogen-bond acceptors (Lipinski definition) is 4. The third-order valence-corrected chi connectivity index (χ3v) is 2.94. The first-order chi connectivity index (χ1) is 8.08. The molecule has 0 atom stereocenters. The molecule has 0 aliphatic carbocycles. The predicted molar refractivity (Wildman–Crippen MR) is 65.0 cm³/mol. The number of aromatic nitrogens is 1. The SMILES string of the molecule is CN(Cc1cscn1)c1c(F)cc(N)cc1F. The maximum atomic E-state index is 13.6. The molecule has 1 heterocycles. The topological polar surface area (TPSA) is 42.2 Å². The number of rotatable bonds is 3. The first kappa shape index (κ1) is 11.8. The fourth-order valence-electron chi connectivity index (χ4n) is 1.59. The molecule has 1 aromatic carbocycles. The molecule has 0 fully saturated rings. The van der Waals surface area contributed by atoms with Gasteiger partial charge < -0.3 is 10.6 Å². The van der Waals surface area contributed by atoms with Gasteiger partial charge in [0.25, 0.3) is 0 Å². The van der Waals surface area contributed by atoms with Gasteiger partial charge in [-0.3, -0.25) is 0 Å². The van der Waals surface area contributed by atoms with Crippen molar-refractivity contribution in [3.05, 3.63) is 40.4 Å². The molecule has 2 aromatic rings. The second-order valence-electron chi connectivity index (χ2n) is 3.67. The summed E-state index contributed by atoms with van der Waals surface area (Å²) in [4.78, 5) is 5.54. The lowest BCUT2D eigenvalue weighted by Crippen LogP contribution is -2.19. The highest BCUT2D eigenvalue weighted by atomic mass is 32.1. The zero-order chi connectivity index (χ0) is 12.4. The predicted octanol–water partition coefficient (Wildman–Crippen LogP) is 2.64. The average Bonchev–Trinajstić information content (AvgIpc) is 2.68. The van der Waals surface area contributed by atoms with E-state index in [1.165, 1.54) is 16.2 Å². The molecule has 0 saturated carbocycles. The Morgan fingerprint density at radius 3 is 2.53 bits per heavy atom. The zero-order valence-corrected chi connectivity index (χ0v) is 9.97. The van der Waals surface area contributed by atoms with Gasteiger partial charge in [0.1, 0.15) is 5.69 Å². The lowest BCUT2D eigenvalue weighted by molar-refractivity contribution is 0.577. The van der Waals surface area contributed by atoms with Crippen LogP contribution in [0.15, 0.2) is 23.0 Å². The molecule has 6 heteroatoms. The van der Waals surface area contributed by atoms with E-state index in [4.69, 9.17) is 5.73 Å². The van der Waals surface area contributed by atoms with Gasteiger partial charge in [0.15, 0.2) is 11.6 Å². The Morgan fingerprint density at radius 2 is 2.00 bits per heavy atom. The molecule has 0 radical (unpaired) electrons. The Hall–Kier alpha value is -1.69. The summed E-state index contributed by atoms with van der Waals surface area (Å²) in [5.41, 5.74) is 7.79. The lowest BCUT2D eigenvalue weighted by atomic mass is 10.2. The summed E-state index contributed by atoms with van der Waals surface area (Å²) < 4.78 is 27.2. The highest BCUT2D eigenvalue weighted by Crippen LogP contribution is 2.26. The fraction of sp³-hybridized carbons (Fsp3) is 0.182. The van der Waals surface area contributed by atoms with E-state index in [0.717, 1.165) is 17.8 Å². The summed E-state index contributed by atoms with van der Waals surface area (Å²) in [5, 5.41) is 1.84. The van der Waals surface area contributed by atoms with Crippen molar-refractivity contribution in [2.24, 2.45) is 0 Å². The Morgan fingerprint density at radius 1 is 1.35 bits per heavy atom. The van der Waals surface area contributed by atoms with E-state index >= 15 is 0 Å². The maximum Gasteiger partial charge on any atom is 0.151 e. The molecular weight excluding hydrogens is 244 g/mol. The van der Waals surface area contributed by atoms with Crippen molar-refractivity contribution >= 4 is 22.7 Å². The molecular formula is C11H11F2N3S. The third-order valence-electron chi connectivity index (χ3n) is 2.30. The summed E-state index contributed by atoms with van der Waals surface area (Å²) in [7, 11) is 1.61. The monoisotopic (exact) mass is 255 g/mol. The largest absolute Gasteiger partial charge is 0.399 e. The number of anilines is 2. The molecule has 0 aliphatic heterocycles. The standard InChI is InChI=1S/C11H11F2N3S/c1-16(4-8-5-17-6-15-8)11-9(12)2-7(14)3-10(11)13/h2-3,5-6H,4,14H2,1H3. The van der Waals surface area contributed by atoms with E-state index < -0.39 is 11.6 Å². The molecule has 0 saturated heterocycles. The Bertz CT molecular complexity index is 490. The minimum Gasteiger partial charge on any atom is -0.399 e. The Labute approximate surface area is 102 Å². The zero-order valence-electron chi connectivity index (χ0n) is 9.15. The van der Waals surface area contributed by atoms with Gasteiger partial charge in [-0.2, -0.15) is 0 Å². The number of halogens is 2. The number of nitrogens with zero attached hydrogens (tertiary/aromatic N) is 2. The van der Waals surface area contributed by atoms with Gasteiger partial charge in [0.05, 0.1) is 17.7 Å². The van der Waals surface area contributed by atoms with Crippen molar-refractivity contribution < 1.29 is 8.78 Å². The van der Waals surface area contributed by atoms with Crippen molar-refractivity contribution in [3.8, 4) is 0 Å². The van der Waals surface area contributed by atoms with E-state index in [0.29, 0.717) is 6.54 Å². The Kier molecular flexibility index (Phi) is 3.23. The van der Waals surface area contributed by atoms with Crippen LogP contribution in [0.4, 0.5) is 20.2 Å². The van der Waals surface area contributed by atoms with Crippen molar-refractivity contribution in [2.75, 3.05) is 17.7 Å². The van der Waals surface area contributed by atoms with E-state index in [2.05, 4.69) is 4.98 Å². The molecule has 0 amide bonds. The normalized spacial score (nSPS) is 10.5. The van der Waals surface area contributed by atoms with Crippen LogP contribution < -0.4 is 10.6 Å². The van der Waals surface area contributed by atoms with Gasteiger partial charge in [-0.1, -0.05) is 0 Å². The van der Waals surface area contributed by atoms with Crippen LogP contribution in [0.2, 0.25) is 0 Å². The molecule has 3 nitrogen and oxygen atoms in total. The summed E-state index contributed by atoms with van der Waals surface area (Å²) >= 11 is 1.44. The van der Waals surface area contributed by atoms with Crippen molar-refractivity contribution in [1.29, 1.82) is 0 Å². The summed E-state index contributed by atoms with van der Waals surface area (Å²) in [5.74, 6) is -1.33. The molecule has 2 N–H and O–H groups in total. The number of thiazole rings is 1. The first-order valence-electron chi connectivity index (χ1n) is 4.90. The summed E-state index contributed by atoms with van der Waals surface area (Å²) in [6.07, 6.45) is 0. The summed E-state index contributed by atoms with van der Waals surface area (Å²) in [6, 6.07) is 2.21. The van der Waals surface area contributed by atoms with Gasteiger partial charge in [-0.25, -0.2) is 13.8 Å². The molecule has 1 aromatic heterocycles. The van der Waals surface area contributed by atoms with Crippen LogP contribution in [0, 0.1) is 11.6 Å². The molecule has 0 bridgehead atoms. The summed E-state index contributed by atoms with van der Waals surface area (Å²) in [6.45, 7) is 0.348. The van der Waals surface area contributed by atoms with E-state index in [9.17, 15) is 8.78 Å². The van der Waals surface area contributed by atoms with Gasteiger partial charge in [-0.05, 0) is 12.1 Å². The highest BCUT2D eigenvalue weighted by Gasteiger charge is 2.15. The molecule has 90 valence electrons. The minimum atomic E-state index is -0.666. The second-order valence-corrected chi connectivity index (χ2v) is 4.39. The second kappa shape index (κ2) is 4.67. The van der Waals surface area contributed by atoms with Crippen LogP contribution in [-0.2, 0) is 6.54 Å². The van der Waals surface area contributed by atoms with Gasteiger partial charge in [-0.15, -0.1) is 11.3 Å². The van der Waals surface area contributed by atoms with Crippen LogP contribution >= 0.6 is 11.3 Å². The molecule has 2 rings (SSSR count). The lowest BCUT2D eigenvalue weighted by Gasteiger charge is -2.19. The van der Waals surface area contributed by atoms with E-state index in [1.54, 1.807) is 12.6 Å². The van der Waals surface area contributed by atoms with Gasteiger partial charge in [0, 0.05) is 18.1 Å². The Balaban J connectivity index is 2.27. The number of benzene rings is 1. The first-order valence-corrected chi connectivity index (χ1v) is 5.85. The quantitative estimate of drug-likeness (QED) is 0.857. The van der Waals surface area contributed by atoms with E-state index in [-0.39, 0.29) is 11.4 Å². The van der Waals surface area contributed by atoms with Gasteiger partial charge in [0.2, 0.25) is 0 Å². The highest BCUT2D eigenvalue weighted by molar-refractivity contribution is 7.07. The molecule has 17 heavy (non-hydrogen) atoms. The number of hydrogen-bond donors (Lipinski definition) is 1. The molecule has 0 aliphatic rings. The number of nitrogens with two attached hydrogens (primary N) is 1. The van der Waals surface area contributed by atoms with Crippen molar-refractivity contribution in [1.82, 2.24) is 4.98 Å². The van der Waals surface area contributed by atoms with Crippen molar-refractivity contribution in [3.63, 3.8) is 0 Å². The van der Waals surface area contributed by atoms with Crippen LogP contribution in [-0.4, -0.2) is 12.0 Å². The minimum absolute atomic E-state index is 0.0748. The maximum absolute atomic E-state index is 13.6. The number of nitrogen functional groups attached to an aromatic ring is 1. The van der Waals surface area contributed by atoms with Crippen LogP contribution in [0.1, 0.15) is 5.69 Å².